The third kappa shape index (κ3) is 3.31. The van der Waals surface area contributed by atoms with Crippen LogP contribution in [-0.4, -0.2) is 11.9 Å². The van der Waals surface area contributed by atoms with Crippen LogP contribution < -0.4 is 11.1 Å². The summed E-state index contributed by atoms with van der Waals surface area (Å²) in [5, 5.41) is 2.78. The van der Waals surface area contributed by atoms with Crippen LogP contribution in [0.4, 0.5) is 4.39 Å². The maximum absolute atomic E-state index is 12.7. The highest BCUT2D eigenvalue weighted by Gasteiger charge is 2.14. The van der Waals surface area contributed by atoms with Crippen molar-refractivity contribution in [3.8, 4) is 0 Å². The van der Waals surface area contributed by atoms with Gasteiger partial charge in [0.15, 0.2) is 0 Å². The van der Waals surface area contributed by atoms with E-state index < -0.39 is 6.04 Å². The Labute approximate surface area is 94.8 Å². The summed E-state index contributed by atoms with van der Waals surface area (Å²) in [6, 6.07) is 5.40. The van der Waals surface area contributed by atoms with Crippen molar-refractivity contribution in [3.63, 3.8) is 0 Å². The average molecular weight is 224 g/mol. The summed E-state index contributed by atoms with van der Waals surface area (Å²) in [5.41, 5.74) is 6.45. The molecule has 0 saturated carbocycles. The van der Waals surface area contributed by atoms with Crippen LogP contribution in [0.25, 0.3) is 0 Å². The van der Waals surface area contributed by atoms with Gasteiger partial charge in [-0.2, -0.15) is 0 Å². The lowest BCUT2D eigenvalue weighted by molar-refractivity contribution is -0.123. The first-order valence-electron chi connectivity index (χ1n) is 5.36. The normalized spacial score (nSPS) is 14.2. The summed E-state index contributed by atoms with van der Waals surface area (Å²) in [4.78, 5) is 11.5. The first-order valence-corrected chi connectivity index (χ1v) is 5.36. The second-order valence-electron chi connectivity index (χ2n) is 3.80. The van der Waals surface area contributed by atoms with E-state index in [0.29, 0.717) is 6.42 Å². The average Bonchev–Trinajstić information content (AvgIpc) is 2.28. The van der Waals surface area contributed by atoms with Gasteiger partial charge >= 0.3 is 0 Å². The number of rotatable bonds is 4. The van der Waals surface area contributed by atoms with Gasteiger partial charge in [0.05, 0.1) is 12.1 Å². The van der Waals surface area contributed by atoms with Gasteiger partial charge < -0.3 is 11.1 Å². The van der Waals surface area contributed by atoms with E-state index in [1.165, 1.54) is 12.1 Å². The van der Waals surface area contributed by atoms with Gasteiger partial charge in [-0.3, -0.25) is 4.79 Å². The molecule has 0 aromatic heterocycles. The Hall–Kier alpha value is -1.42. The van der Waals surface area contributed by atoms with E-state index in [2.05, 4.69) is 5.32 Å². The lowest BCUT2D eigenvalue weighted by Gasteiger charge is -2.17. The van der Waals surface area contributed by atoms with E-state index in [-0.39, 0.29) is 17.8 Å². The number of nitrogens with two attached hydrogens (primary N) is 1. The van der Waals surface area contributed by atoms with Crippen LogP contribution in [0.2, 0.25) is 0 Å². The van der Waals surface area contributed by atoms with Crippen molar-refractivity contribution >= 4 is 5.91 Å². The van der Waals surface area contributed by atoms with Crippen LogP contribution >= 0.6 is 0 Å². The van der Waals surface area contributed by atoms with Gasteiger partial charge in [0.25, 0.3) is 0 Å². The minimum absolute atomic E-state index is 0.161. The van der Waals surface area contributed by atoms with Crippen LogP contribution in [0.15, 0.2) is 24.3 Å². The van der Waals surface area contributed by atoms with E-state index >= 15 is 0 Å². The van der Waals surface area contributed by atoms with Crippen LogP contribution in [0.5, 0.6) is 0 Å². The van der Waals surface area contributed by atoms with Crippen LogP contribution in [0.3, 0.4) is 0 Å². The third-order valence-corrected chi connectivity index (χ3v) is 2.51. The van der Waals surface area contributed by atoms with Crippen molar-refractivity contribution in [1.29, 1.82) is 0 Å². The molecule has 0 aliphatic rings. The number of amides is 1. The summed E-state index contributed by atoms with van der Waals surface area (Å²) in [6.45, 7) is 3.69. The molecule has 0 spiro atoms. The lowest BCUT2D eigenvalue weighted by Crippen LogP contribution is -2.41. The molecular formula is C12H17FN2O. The molecule has 2 atom stereocenters. The SMILES string of the molecule is CC[C@H](N)C(=O)NC(C)c1ccc(F)cc1. The lowest BCUT2D eigenvalue weighted by atomic mass is 10.1. The molecule has 3 N–H and O–H groups in total. The van der Waals surface area contributed by atoms with Gasteiger partial charge in [-0.1, -0.05) is 19.1 Å². The molecule has 1 rings (SSSR count). The Morgan fingerprint density at radius 1 is 1.44 bits per heavy atom. The second-order valence-corrected chi connectivity index (χ2v) is 3.80. The van der Waals surface area contributed by atoms with Gasteiger partial charge in [-0.15, -0.1) is 0 Å². The first kappa shape index (κ1) is 12.6. The number of hydrogen-bond donors (Lipinski definition) is 2. The highest BCUT2D eigenvalue weighted by molar-refractivity contribution is 5.81. The molecular weight excluding hydrogens is 207 g/mol. The number of halogens is 1. The van der Waals surface area contributed by atoms with Crippen molar-refractivity contribution in [2.45, 2.75) is 32.4 Å². The number of hydrogen-bond acceptors (Lipinski definition) is 2. The predicted octanol–water partition coefficient (Wildman–Crippen LogP) is 1.74. The minimum atomic E-state index is -0.483. The molecule has 0 fully saturated rings. The van der Waals surface area contributed by atoms with Gasteiger partial charge in [-0.25, -0.2) is 4.39 Å². The smallest absolute Gasteiger partial charge is 0.237 e. The molecule has 1 amide bonds. The molecule has 1 aromatic rings. The quantitative estimate of drug-likeness (QED) is 0.818. The molecule has 0 radical (unpaired) electrons. The fraction of sp³-hybridized carbons (Fsp3) is 0.417. The highest BCUT2D eigenvalue weighted by atomic mass is 19.1. The Morgan fingerprint density at radius 3 is 2.50 bits per heavy atom. The molecule has 0 heterocycles. The third-order valence-electron chi connectivity index (χ3n) is 2.51. The molecule has 4 heteroatoms. The predicted molar refractivity (Wildman–Crippen MR) is 61.2 cm³/mol. The Bertz CT molecular complexity index is 351. The van der Waals surface area contributed by atoms with E-state index in [1.807, 2.05) is 13.8 Å². The van der Waals surface area contributed by atoms with E-state index in [4.69, 9.17) is 5.73 Å². The summed E-state index contributed by atoms with van der Waals surface area (Å²) >= 11 is 0. The maximum atomic E-state index is 12.7. The van der Waals surface area contributed by atoms with Gasteiger partial charge in [0.2, 0.25) is 5.91 Å². The summed E-state index contributed by atoms with van der Waals surface area (Å²) in [5.74, 6) is -0.466. The largest absolute Gasteiger partial charge is 0.348 e. The molecule has 1 unspecified atom stereocenters. The molecule has 16 heavy (non-hydrogen) atoms. The van der Waals surface area contributed by atoms with Gasteiger partial charge in [-0.05, 0) is 31.0 Å². The number of benzene rings is 1. The van der Waals surface area contributed by atoms with E-state index in [1.54, 1.807) is 12.1 Å². The molecule has 0 aliphatic carbocycles. The number of nitrogens with one attached hydrogen (secondary N) is 1. The van der Waals surface area contributed by atoms with Gasteiger partial charge in [0, 0.05) is 0 Å². The molecule has 0 bridgehead atoms. The van der Waals surface area contributed by atoms with Crippen molar-refractivity contribution in [1.82, 2.24) is 5.32 Å². The standard InChI is InChI=1S/C12H17FN2O/c1-3-11(14)12(16)15-8(2)9-4-6-10(13)7-5-9/h4-8,11H,3,14H2,1-2H3,(H,15,16)/t8?,11-/m0/s1. The van der Waals surface area contributed by atoms with Crippen LogP contribution in [0.1, 0.15) is 31.9 Å². The van der Waals surface area contributed by atoms with Crippen molar-refractivity contribution in [2.75, 3.05) is 0 Å². The van der Waals surface area contributed by atoms with E-state index in [9.17, 15) is 9.18 Å². The number of carbonyl (C=O) groups is 1. The van der Waals surface area contributed by atoms with Crippen LogP contribution in [0, 0.1) is 5.82 Å². The Balaban J connectivity index is 2.62. The zero-order valence-corrected chi connectivity index (χ0v) is 9.53. The summed E-state index contributed by atoms with van der Waals surface area (Å²) < 4.78 is 12.7. The second kappa shape index (κ2) is 5.61. The van der Waals surface area contributed by atoms with E-state index in [0.717, 1.165) is 5.56 Å². The Kier molecular flexibility index (Phi) is 4.43. The van der Waals surface area contributed by atoms with Gasteiger partial charge in [0.1, 0.15) is 5.82 Å². The monoisotopic (exact) mass is 224 g/mol. The first-order chi connectivity index (χ1) is 7.54. The minimum Gasteiger partial charge on any atom is -0.348 e. The maximum Gasteiger partial charge on any atom is 0.237 e. The van der Waals surface area contributed by atoms with Crippen molar-refractivity contribution in [2.24, 2.45) is 5.73 Å². The van der Waals surface area contributed by atoms with Crippen molar-refractivity contribution < 1.29 is 9.18 Å². The topological polar surface area (TPSA) is 55.1 Å². The van der Waals surface area contributed by atoms with Crippen LogP contribution in [-0.2, 0) is 4.79 Å². The fourth-order valence-electron chi connectivity index (χ4n) is 1.34. The highest BCUT2D eigenvalue weighted by Crippen LogP contribution is 2.12. The molecule has 88 valence electrons. The summed E-state index contributed by atoms with van der Waals surface area (Å²) in [7, 11) is 0. The number of carbonyl (C=O) groups excluding carboxylic acids is 1. The Morgan fingerprint density at radius 2 is 2.00 bits per heavy atom. The zero-order valence-electron chi connectivity index (χ0n) is 9.53. The molecule has 1 aromatic carbocycles. The fourth-order valence-corrected chi connectivity index (χ4v) is 1.34. The summed E-state index contributed by atoms with van der Waals surface area (Å²) in [6.07, 6.45) is 0.599. The van der Waals surface area contributed by atoms with Crippen molar-refractivity contribution in [3.05, 3.63) is 35.6 Å². The zero-order chi connectivity index (χ0) is 12.1. The molecule has 0 saturated heterocycles. The molecule has 3 nitrogen and oxygen atoms in total. The molecule has 0 aliphatic heterocycles.